The third-order valence-electron chi connectivity index (χ3n) is 3.55. The molecule has 0 fully saturated rings. The maximum Gasteiger partial charge on any atom is 0.295 e. The second-order valence-electron chi connectivity index (χ2n) is 5.24. The number of benzene rings is 2. The number of anilines is 1. The zero-order valence-electron chi connectivity index (χ0n) is 12.7. The average Bonchev–Trinajstić information content (AvgIpc) is 3.02. The van der Waals surface area contributed by atoms with Crippen molar-refractivity contribution in [2.45, 2.75) is 13.8 Å². The normalized spacial score (nSPS) is 10.6. The lowest BCUT2D eigenvalue weighted by Crippen LogP contribution is -2.14. The van der Waals surface area contributed by atoms with E-state index in [0.717, 1.165) is 16.9 Å². The van der Waals surface area contributed by atoms with Crippen molar-refractivity contribution in [3.63, 3.8) is 0 Å². The van der Waals surface area contributed by atoms with Gasteiger partial charge < -0.3 is 5.32 Å². The number of hydrogen-bond acceptors (Lipinski definition) is 3. The van der Waals surface area contributed by atoms with E-state index in [9.17, 15) is 4.79 Å². The molecule has 6 heteroatoms. The first-order chi connectivity index (χ1) is 11.0. The van der Waals surface area contributed by atoms with Crippen LogP contribution in [0.1, 0.15) is 21.7 Å². The molecule has 1 amide bonds. The third kappa shape index (κ3) is 3.40. The van der Waals surface area contributed by atoms with E-state index < -0.39 is 0 Å². The van der Waals surface area contributed by atoms with Gasteiger partial charge in [-0.05, 0) is 61.4 Å². The zero-order valence-corrected chi connectivity index (χ0v) is 13.5. The van der Waals surface area contributed by atoms with Gasteiger partial charge in [0.1, 0.15) is 6.33 Å². The molecule has 116 valence electrons. The van der Waals surface area contributed by atoms with Gasteiger partial charge in [0.25, 0.3) is 5.91 Å². The maximum absolute atomic E-state index is 12.2. The summed E-state index contributed by atoms with van der Waals surface area (Å²) < 4.78 is 1.53. The SMILES string of the molecule is Cc1ccc(NC(=O)c2ncn(-c3ccc(Cl)cc3)n2)cc1C. The molecule has 0 spiro atoms. The summed E-state index contributed by atoms with van der Waals surface area (Å²) in [6.07, 6.45) is 1.50. The molecule has 23 heavy (non-hydrogen) atoms. The minimum absolute atomic E-state index is 0.109. The van der Waals surface area contributed by atoms with Crippen LogP contribution in [0.5, 0.6) is 0 Å². The topological polar surface area (TPSA) is 59.8 Å². The summed E-state index contributed by atoms with van der Waals surface area (Å²) in [7, 11) is 0. The third-order valence-corrected chi connectivity index (χ3v) is 3.80. The van der Waals surface area contributed by atoms with E-state index in [0.29, 0.717) is 5.02 Å². The zero-order chi connectivity index (χ0) is 16.4. The molecule has 0 aliphatic rings. The molecule has 2 aromatic carbocycles. The summed E-state index contributed by atoms with van der Waals surface area (Å²) in [6, 6.07) is 12.9. The summed E-state index contributed by atoms with van der Waals surface area (Å²) in [5, 5.41) is 7.64. The lowest BCUT2D eigenvalue weighted by molar-refractivity contribution is 0.101. The van der Waals surface area contributed by atoms with Gasteiger partial charge in [-0.3, -0.25) is 4.79 Å². The minimum Gasteiger partial charge on any atom is -0.319 e. The lowest BCUT2D eigenvalue weighted by atomic mass is 10.1. The predicted octanol–water partition coefficient (Wildman–Crippen LogP) is 3.79. The van der Waals surface area contributed by atoms with E-state index in [2.05, 4.69) is 15.4 Å². The summed E-state index contributed by atoms with van der Waals surface area (Å²) in [4.78, 5) is 16.3. The molecular formula is C17H15ClN4O. The van der Waals surface area contributed by atoms with Gasteiger partial charge >= 0.3 is 0 Å². The monoisotopic (exact) mass is 326 g/mol. The Morgan fingerprint density at radius 3 is 2.52 bits per heavy atom. The Labute approximate surface area is 138 Å². The fourth-order valence-corrected chi connectivity index (χ4v) is 2.22. The molecule has 0 aliphatic carbocycles. The van der Waals surface area contributed by atoms with Crippen molar-refractivity contribution in [1.29, 1.82) is 0 Å². The second-order valence-corrected chi connectivity index (χ2v) is 5.68. The van der Waals surface area contributed by atoms with Crippen molar-refractivity contribution >= 4 is 23.2 Å². The predicted molar refractivity (Wildman–Crippen MR) is 90.2 cm³/mol. The number of nitrogens with zero attached hydrogens (tertiary/aromatic N) is 3. The number of aryl methyl sites for hydroxylation is 2. The highest BCUT2D eigenvalue weighted by molar-refractivity contribution is 6.30. The van der Waals surface area contributed by atoms with Crippen LogP contribution in [0.25, 0.3) is 5.69 Å². The molecule has 0 saturated carbocycles. The van der Waals surface area contributed by atoms with Gasteiger partial charge in [0.2, 0.25) is 5.82 Å². The number of nitrogens with one attached hydrogen (secondary N) is 1. The second kappa shape index (κ2) is 6.22. The molecule has 0 bridgehead atoms. The van der Waals surface area contributed by atoms with Crippen LogP contribution in [0, 0.1) is 13.8 Å². The molecule has 1 heterocycles. The van der Waals surface area contributed by atoms with E-state index in [1.165, 1.54) is 16.6 Å². The van der Waals surface area contributed by atoms with Crippen molar-refractivity contribution in [3.05, 3.63) is 70.8 Å². The Balaban J connectivity index is 1.78. The van der Waals surface area contributed by atoms with Crippen LogP contribution < -0.4 is 5.32 Å². The first kappa shape index (κ1) is 15.2. The lowest BCUT2D eigenvalue weighted by Gasteiger charge is -2.05. The van der Waals surface area contributed by atoms with Crippen LogP contribution in [-0.2, 0) is 0 Å². The first-order valence-electron chi connectivity index (χ1n) is 7.09. The van der Waals surface area contributed by atoms with Gasteiger partial charge in [-0.25, -0.2) is 9.67 Å². The number of carbonyl (C=O) groups excluding carboxylic acids is 1. The molecular weight excluding hydrogens is 312 g/mol. The number of rotatable bonds is 3. The van der Waals surface area contributed by atoms with E-state index in [1.807, 2.05) is 44.2 Å². The van der Waals surface area contributed by atoms with E-state index in [1.54, 1.807) is 12.1 Å². The molecule has 0 aliphatic heterocycles. The van der Waals surface area contributed by atoms with Gasteiger partial charge in [-0.1, -0.05) is 17.7 Å². The van der Waals surface area contributed by atoms with Crippen LogP contribution >= 0.6 is 11.6 Å². The molecule has 1 N–H and O–H groups in total. The Kier molecular flexibility index (Phi) is 4.12. The van der Waals surface area contributed by atoms with E-state index in [4.69, 9.17) is 11.6 Å². The number of halogens is 1. The number of amides is 1. The van der Waals surface area contributed by atoms with Gasteiger partial charge in [0.05, 0.1) is 5.69 Å². The highest BCUT2D eigenvalue weighted by Crippen LogP contribution is 2.15. The Bertz CT molecular complexity index is 855. The van der Waals surface area contributed by atoms with Gasteiger partial charge in [-0.15, -0.1) is 5.10 Å². The van der Waals surface area contributed by atoms with Gasteiger partial charge in [0.15, 0.2) is 0 Å². The number of carbonyl (C=O) groups is 1. The van der Waals surface area contributed by atoms with Crippen LogP contribution in [0.3, 0.4) is 0 Å². The molecule has 0 unspecified atom stereocenters. The fraction of sp³-hybridized carbons (Fsp3) is 0.118. The van der Waals surface area contributed by atoms with E-state index >= 15 is 0 Å². The highest BCUT2D eigenvalue weighted by atomic mass is 35.5. The van der Waals surface area contributed by atoms with Crippen LogP contribution in [-0.4, -0.2) is 20.7 Å². The van der Waals surface area contributed by atoms with Crippen LogP contribution in [0.15, 0.2) is 48.8 Å². The minimum atomic E-state index is -0.346. The summed E-state index contributed by atoms with van der Waals surface area (Å²) in [6.45, 7) is 4.02. The smallest absolute Gasteiger partial charge is 0.295 e. The van der Waals surface area contributed by atoms with E-state index in [-0.39, 0.29) is 11.7 Å². The van der Waals surface area contributed by atoms with Crippen LogP contribution in [0.2, 0.25) is 5.02 Å². The van der Waals surface area contributed by atoms with Crippen LogP contribution in [0.4, 0.5) is 5.69 Å². The van der Waals surface area contributed by atoms with Gasteiger partial charge in [0, 0.05) is 10.7 Å². The van der Waals surface area contributed by atoms with Crippen molar-refractivity contribution in [2.75, 3.05) is 5.32 Å². The summed E-state index contributed by atoms with van der Waals surface area (Å²) >= 11 is 5.86. The molecule has 5 nitrogen and oxygen atoms in total. The largest absolute Gasteiger partial charge is 0.319 e. The Morgan fingerprint density at radius 1 is 1.09 bits per heavy atom. The quantitative estimate of drug-likeness (QED) is 0.796. The molecule has 3 aromatic rings. The Morgan fingerprint density at radius 2 is 1.83 bits per heavy atom. The Hall–Kier alpha value is -2.66. The number of aromatic nitrogens is 3. The molecule has 1 aromatic heterocycles. The maximum atomic E-state index is 12.2. The average molecular weight is 327 g/mol. The standard InChI is InChI=1S/C17H15ClN4O/c1-11-3-6-14(9-12(11)2)20-17(23)16-19-10-22(21-16)15-7-4-13(18)5-8-15/h3-10H,1-2H3,(H,20,23). The van der Waals surface area contributed by atoms with Crippen molar-refractivity contribution in [3.8, 4) is 5.69 Å². The first-order valence-corrected chi connectivity index (χ1v) is 7.47. The van der Waals surface area contributed by atoms with Crippen molar-refractivity contribution < 1.29 is 4.79 Å². The number of hydrogen-bond donors (Lipinski definition) is 1. The van der Waals surface area contributed by atoms with Gasteiger partial charge in [-0.2, -0.15) is 0 Å². The molecule has 3 rings (SSSR count). The van der Waals surface area contributed by atoms with Crippen molar-refractivity contribution in [2.24, 2.45) is 0 Å². The summed E-state index contributed by atoms with van der Waals surface area (Å²) in [5.74, 6) is -0.237. The molecule has 0 radical (unpaired) electrons. The highest BCUT2D eigenvalue weighted by Gasteiger charge is 2.12. The molecule has 0 saturated heterocycles. The summed E-state index contributed by atoms with van der Waals surface area (Å²) in [5.41, 5.74) is 3.80. The fourth-order valence-electron chi connectivity index (χ4n) is 2.09. The molecule has 0 atom stereocenters. The van der Waals surface area contributed by atoms with Crippen molar-refractivity contribution in [1.82, 2.24) is 14.8 Å².